The fourth-order valence-corrected chi connectivity index (χ4v) is 3.94. The van der Waals surface area contributed by atoms with Crippen LogP contribution >= 0.6 is 0 Å². The van der Waals surface area contributed by atoms with Crippen molar-refractivity contribution in [3.05, 3.63) is 53.2 Å². The Hall–Kier alpha value is -3.09. The Labute approximate surface area is 156 Å². The van der Waals surface area contributed by atoms with E-state index in [1.54, 1.807) is 11.8 Å². The van der Waals surface area contributed by atoms with Crippen LogP contribution in [0.1, 0.15) is 46.4 Å². The minimum absolute atomic E-state index is 0.137. The normalized spacial score (nSPS) is 17.0. The summed E-state index contributed by atoms with van der Waals surface area (Å²) in [7, 11) is 1.96. The Kier molecular flexibility index (Phi) is 4.22. The molecule has 0 aliphatic carbocycles. The second-order valence-corrected chi connectivity index (χ2v) is 6.96. The van der Waals surface area contributed by atoms with Gasteiger partial charge in [0.05, 0.1) is 28.9 Å². The number of aryl methyl sites for hydroxylation is 2. The molecule has 1 aliphatic heterocycles. The summed E-state index contributed by atoms with van der Waals surface area (Å²) < 4.78 is 7.38. The number of nitrogens with zero attached hydrogens (tertiary/aromatic N) is 3. The summed E-state index contributed by atoms with van der Waals surface area (Å²) in [5.74, 6) is -0.151. The number of hydrogen-bond donors (Lipinski definition) is 1. The predicted octanol–water partition coefficient (Wildman–Crippen LogP) is 3.08. The molecule has 1 unspecified atom stereocenters. The van der Waals surface area contributed by atoms with Gasteiger partial charge in [0.15, 0.2) is 0 Å². The Morgan fingerprint density at radius 3 is 2.85 bits per heavy atom. The number of furan rings is 1. The minimum atomic E-state index is -1.02. The molecule has 1 amide bonds. The van der Waals surface area contributed by atoms with E-state index in [0.717, 1.165) is 29.7 Å². The molecule has 1 N–H and O–H groups in total. The standard InChI is InChI=1S/C20H21N3O4/c1-12-11-27-16(10-17(24)25)18(12)20(26)23-9-5-8-15(23)19-21-13-6-3-4-7-14(13)22(19)2/h3-4,6-7,11,15H,5,8-10H2,1-2H3,(H,24,25). The van der Waals surface area contributed by atoms with Crippen molar-refractivity contribution < 1.29 is 19.1 Å². The van der Waals surface area contributed by atoms with Gasteiger partial charge in [0.2, 0.25) is 0 Å². The molecule has 7 nitrogen and oxygen atoms in total. The average Bonchev–Trinajstić information content (AvgIpc) is 3.33. The lowest BCUT2D eigenvalue weighted by Gasteiger charge is -2.24. The van der Waals surface area contributed by atoms with E-state index in [9.17, 15) is 9.59 Å². The van der Waals surface area contributed by atoms with Crippen molar-refractivity contribution in [1.29, 1.82) is 0 Å². The van der Waals surface area contributed by atoms with Crippen LogP contribution in [0, 0.1) is 6.92 Å². The molecule has 0 bridgehead atoms. The monoisotopic (exact) mass is 367 g/mol. The zero-order valence-electron chi connectivity index (χ0n) is 15.3. The molecule has 1 saturated heterocycles. The Morgan fingerprint density at radius 2 is 2.11 bits per heavy atom. The minimum Gasteiger partial charge on any atom is -0.481 e. The number of carboxylic acid groups (broad SMARTS) is 1. The molecule has 2 aromatic heterocycles. The summed E-state index contributed by atoms with van der Waals surface area (Å²) in [6, 6.07) is 7.76. The summed E-state index contributed by atoms with van der Waals surface area (Å²) in [6.45, 7) is 2.38. The van der Waals surface area contributed by atoms with Crippen molar-refractivity contribution in [3.8, 4) is 0 Å². The van der Waals surface area contributed by atoms with Gasteiger partial charge in [-0.2, -0.15) is 0 Å². The second kappa shape index (κ2) is 6.57. The molecule has 3 heterocycles. The fraction of sp³-hybridized carbons (Fsp3) is 0.350. The third-order valence-electron chi connectivity index (χ3n) is 5.21. The van der Waals surface area contributed by atoms with Crippen molar-refractivity contribution in [2.45, 2.75) is 32.2 Å². The highest BCUT2D eigenvalue weighted by atomic mass is 16.4. The molecule has 0 radical (unpaired) electrons. The van der Waals surface area contributed by atoms with Crippen molar-refractivity contribution in [2.24, 2.45) is 7.05 Å². The lowest BCUT2D eigenvalue weighted by molar-refractivity contribution is -0.136. The third kappa shape index (κ3) is 2.89. The van der Waals surface area contributed by atoms with Gasteiger partial charge in [-0.25, -0.2) is 4.98 Å². The van der Waals surface area contributed by atoms with Gasteiger partial charge < -0.3 is 19.0 Å². The Balaban J connectivity index is 1.71. The zero-order valence-corrected chi connectivity index (χ0v) is 15.3. The molecule has 4 rings (SSSR count). The van der Waals surface area contributed by atoms with Crippen LogP contribution in [0.3, 0.4) is 0 Å². The van der Waals surface area contributed by atoms with Crippen molar-refractivity contribution in [2.75, 3.05) is 6.54 Å². The number of hydrogen-bond acceptors (Lipinski definition) is 4. The molecular formula is C20H21N3O4. The first kappa shape index (κ1) is 17.3. The quantitative estimate of drug-likeness (QED) is 0.765. The van der Waals surface area contributed by atoms with E-state index in [-0.39, 0.29) is 24.1 Å². The summed E-state index contributed by atoms with van der Waals surface area (Å²) >= 11 is 0. The van der Waals surface area contributed by atoms with E-state index in [4.69, 9.17) is 14.5 Å². The van der Waals surface area contributed by atoms with Crippen LogP contribution in [0.15, 0.2) is 34.9 Å². The van der Waals surface area contributed by atoms with E-state index in [1.165, 1.54) is 6.26 Å². The number of benzene rings is 1. The van der Waals surface area contributed by atoms with Gasteiger partial charge in [-0.1, -0.05) is 12.1 Å². The van der Waals surface area contributed by atoms with Crippen LogP contribution in [0.2, 0.25) is 0 Å². The number of carboxylic acids is 1. The number of amides is 1. The first-order valence-electron chi connectivity index (χ1n) is 8.98. The second-order valence-electron chi connectivity index (χ2n) is 6.96. The van der Waals surface area contributed by atoms with E-state index in [0.29, 0.717) is 17.7 Å². The van der Waals surface area contributed by atoms with Gasteiger partial charge in [-0.05, 0) is 31.9 Å². The maximum absolute atomic E-state index is 13.3. The summed E-state index contributed by atoms with van der Waals surface area (Å²) in [5, 5.41) is 9.10. The summed E-state index contributed by atoms with van der Waals surface area (Å²) in [4.78, 5) is 30.9. The molecule has 1 aliphatic rings. The van der Waals surface area contributed by atoms with E-state index in [1.807, 2.05) is 35.9 Å². The molecule has 0 saturated carbocycles. The van der Waals surface area contributed by atoms with E-state index < -0.39 is 5.97 Å². The lowest BCUT2D eigenvalue weighted by atomic mass is 10.1. The van der Waals surface area contributed by atoms with Gasteiger partial charge in [0.25, 0.3) is 5.91 Å². The number of aliphatic carboxylic acids is 1. The van der Waals surface area contributed by atoms with Crippen molar-refractivity contribution in [3.63, 3.8) is 0 Å². The number of likely N-dealkylation sites (tertiary alicyclic amines) is 1. The molecule has 1 aromatic carbocycles. The number of carbonyl (C=O) groups is 2. The van der Waals surface area contributed by atoms with Crippen molar-refractivity contribution >= 4 is 22.9 Å². The molecule has 1 atom stereocenters. The first-order valence-corrected chi connectivity index (χ1v) is 8.98. The van der Waals surface area contributed by atoms with Crippen LogP contribution in [0.5, 0.6) is 0 Å². The zero-order chi connectivity index (χ0) is 19.1. The molecular weight excluding hydrogens is 346 g/mol. The lowest BCUT2D eigenvalue weighted by Crippen LogP contribution is -2.32. The molecule has 3 aromatic rings. The van der Waals surface area contributed by atoms with Gasteiger partial charge in [0, 0.05) is 19.2 Å². The van der Waals surface area contributed by atoms with Gasteiger partial charge in [-0.3, -0.25) is 9.59 Å². The molecule has 140 valence electrons. The van der Waals surface area contributed by atoms with Crippen LogP contribution in [0.25, 0.3) is 11.0 Å². The summed E-state index contributed by atoms with van der Waals surface area (Å²) in [6.07, 6.45) is 2.85. The third-order valence-corrected chi connectivity index (χ3v) is 5.21. The van der Waals surface area contributed by atoms with Crippen LogP contribution < -0.4 is 0 Å². The van der Waals surface area contributed by atoms with E-state index in [2.05, 4.69) is 0 Å². The highest BCUT2D eigenvalue weighted by Gasteiger charge is 2.36. The number of aromatic nitrogens is 2. The molecule has 7 heteroatoms. The maximum Gasteiger partial charge on any atom is 0.311 e. The van der Waals surface area contributed by atoms with Gasteiger partial charge >= 0.3 is 5.97 Å². The summed E-state index contributed by atoms with van der Waals surface area (Å²) in [5.41, 5.74) is 2.95. The van der Waals surface area contributed by atoms with Gasteiger partial charge in [0.1, 0.15) is 18.0 Å². The fourth-order valence-electron chi connectivity index (χ4n) is 3.94. The Bertz CT molecular complexity index is 1030. The molecule has 1 fully saturated rings. The van der Waals surface area contributed by atoms with Crippen LogP contribution in [-0.4, -0.2) is 38.0 Å². The Morgan fingerprint density at radius 1 is 1.33 bits per heavy atom. The number of imidazole rings is 1. The van der Waals surface area contributed by atoms with E-state index >= 15 is 0 Å². The molecule has 0 spiro atoms. The number of rotatable bonds is 4. The van der Waals surface area contributed by atoms with Gasteiger partial charge in [-0.15, -0.1) is 0 Å². The molecule has 27 heavy (non-hydrogen) atoms. The first-order chi connectivity index (χ1) is 13.0. The maximum atomic E-state index is 13.3. The largest absolute Gasteiger partial charge is 0.481 e. The number of para-hydroxylation sites is 2. The smallest absolute Gasteiger partial charge is 0.311 e. The highest BCUT2D eigenvalue weighted by molar-refractivity contribution is 5.98. The topological polar surface area (TPSA) is 88.6 Å². The predicted molar refractivity (Wildman–Crippen MR) is 98.5 cm³/mol. The average molecular weight is 367 g/mol. The van der Waals surface area contributed by atoms with Crippen LogP contribution in [-0.2, 0) is 18.3 Å². The SMILES string of the molecule is Cc1coc(CC(=O)O)c1C(=O)N1CCCC1c1nc2ccccc2n1C. The highest BCUT2D eigenvalue weighted by Crippen LogP contribution is 2.35. The van der Waals surface area contributed by atoms with Crippen LogP contribution in [0.4, 0.5) is 0 Å². The number of fused-ring (bicyclic) bond motifs is 1. The van der Waals surface area contributed by atoms with Crippen molar-refractivity contribution in [1.82, 2.24) is 14.5 Å². The number of carbonyl (C=O) groups excluding carboxylic acids is 1.